The number of carbonyl (C=O) groups is 2. The number of hydrogen-bond donors (Lipinski definition) is 0. The van der Waals surface area contributed by atoms with Crippen LogP contribution in [-0.2, 0) is 14.3 Å². The van der Waals surface area contributed by atoms with Crippen LogP contribution in [0.3, 0.4) is 0 Å². The predicted molar refractivity (Wildman–Crippen MR) is 142 cm³/mol. The second kappa shape index (κ2) is 12.0. The zero-order valence-electron chi connectivity index (χ0n) is 21.4. The summed E-state index contributed by atoms with van der Waals surface area (Å²) in [5.41, 5.74) is 5.09. The number of halogens is 1. The van der Waals surface area contributed by atoms with Crippen LogP contribution in [0.5, 0.6) is 0 Å². The summed E-state index contributed by atoms with van der Waals surface area (Å²) in [5, 5.41) is 6.93. The van der Waals surface area contributed by atoms with Gasteiger partial charge in [-0.2, -0.15) is 5.10 Å². The van der Waals surface area contributed by atoms with Crippen LogP contribution in [0.15, 0.2) is 47.6 Å². The number of morpholine rings is 1. The number of hydrogen-bond acceptors (Lipinski definition) is 5. The standard InChI is InChI=1S/C28H35ClN4O3/c1-4-27(34)32(12-11-31-13-15-36-16-14-31)19-28(35)33-26(23-7-5-6-8-24(23)29)18-25(30-33)22-10-9-20(2)21(3)17-22/h5-10,17,26H,4,11-16,18-19H2,1-3H3/t26-/m1/s1. The molecule has 2 heterocycles. The molecule has 0 unspecified atom stereocenters. The predicted octanol–water partition coefficient (Wildman–Crippen LogP) is 4.21. The smallest absolute Gasteiger partial charge is 0.262 e. The average Bonchev–Trinajstić information content (AvgIpc) is 3.34. The summed E-state index contributed by atoms with van der Waals surface area (Å²) in [4.78, 5) is 30.3. The first-order valence-electron chi connectivity index (χ1n) is 12.7. The molecule has 36 heavy (non-hydrogen) atoms. The fraction of sp³-hybridized carbons (Fsp3) is 0.464. The summed E-state index contributed by atoms with van der Waals surface area (Å²) in [7, 11) is 0. The Hall–Kier alpha value is -2.74. The number of ether oxygens (including phenoxy) is 1. The quantitative estimate of drug-likeness (QED) is 0.533. The molecule has 1 saturated heterocycles. The van der Waals surface area contributed by atoms with E-state index in [4.69, 9.17) is 21.4 Å². The van der Waals surface area contributed by atoms with Gasteiger partial charge in [0.05, 0.1) is 25.0 Å². The van der Waals surface area contributed by atoms with Gasteiger partial charge in [-0.25, -0.2) is 5.01 Å². The average molecular weight is 511 g/mol. The lowest BCUT2D eigenvalue weighted by Crippen LogP contribution is -2.46. The normalized spacial score (nSPS) is 18.3. The van der Waals surface area contributed by atoms with Crippen LogP contribution in [0.25, 0.3) is 0 Å². The van der Waals surface area contributed by atoms with Gasteiger partial charge in [0.2, 0.25) is 5.91 Å². The van der Waals surface area contributed by atoms with E-state index in [9.17, 15) is 9.59 Å². The zero-order chi connectivity index (χ0) is 25.7. The molecule has 2 aromatic carbocycles. The molecule has 8 heteroatoms. The van der Waals surface area contributed by atoms with Crippen molar-refractivity contribution in [2.75, 3.05) is 45.9 Å². The Morgan fingerprint density at radius 2 is 1.86 bits per heavy atom. The van der Waals surface area contributed by atoms with Gasteiger partial charge in [-0.1, -0.05) is 48.9 Å². The van der Waals surface area contributed by atoms with E-state index in [1.807, 2.05) is 37.3 Å². The zero-order valence-corrected chi connectivity index (χ0v) is 22.1. The Labute approximate surface area is 218 Å². The molecular weight excluding hydrogens is 476 g/mol. The lowest BCUT2D eigenvalue weighted by Gasteiger charge is -2.31. The molecule has 192 valence electrons. The lowest BCUT2D eigenvalue weighted by molar-refractivity contribution is -0.141. The van der Waals surface area contributed by atoms with Crippen LogP contribution in [0.4, 0.5) is 0 Å². The van der Waals surface area contributed by atoms with Gasteiger partial charge < -0.3 is 9.64 Å². The van der Waals surface area contributed by atoms with Crippen molar-refractivity contribution in [3.63, 3.8) is 0 Å². The summed E-state index contributed by atoms with van der Waals surface area (Å²) in [6.07, 6.45) is 0.912. The van der Waals surface area contributed by atoms with Gasteiger partial charge in [0.1, 0.15) is 6.54 Å². The third-order valence-corrected chi connectivity index (χ3v) is 7.39. The van der Waals surface area contributed by atoms with Gasteiger partial charge in [0.15, 0.2) is 0 Å². The van der Waals surface area contributed by atoms with Crippen LogP contribution >= 0.6 is 11.6 Å². The summed E-state index contributed by atoms with van der Waals surface area (Å²) >= 11 is 6.56. The first-order chi connectivity index (χ1) is 17.4. The minimum absolute atomic E-state index is 0.0122. The third-order valence-electron chi connectivity index (χ3n) is 7.04. The maximum absolute atomic E-state index is 13.7. The number of benzene rings is 2. The molecule has 0 aromatic heterocycles. The molecule has 2 aliphatic heterocycles. The Balaban J connectivity index is 1.57. The molecule has 7 nitrogen and oxygen atoms in total. The minimum Gasteiger partial charge on any atom is -0.379 e. The highest BCUT2D eigenvalue weighted by Crippen LogP contribution is 2.36. The summed E-state index contributed by atoms with van der Waals surface area (Å²) in [6.45, 7) is 10.3. The SMILES string of the molecule is CCC(=O)N(CCN1CCOCC1)CC(=O)N1N=C(c2ccc(C)c(C)c2)C[C@@H]1c1ccccc1Cl. The van der Waals surface area contributed by atoms with Crippen molar-refractivity contribution in [3.05, 3.63) is 69.7 Å². The summed E-state index contributed by atoms with van der Waals surface area (Å²) in [6, 6.07) is 13.5. The number of amides is 2. The van der Waals surface area contributed by atoms with E-state index in [0.717, 1.165) is 29.9 Å². The fourth-order valence-corrected chi connectivity index (χ4v) is 4.92. The van der Waals surface area contributed by atoms with Crippen molar-refractivity contribution in [3.8, 4) is 0 Å². The molecule has 0 N–H and O–H groups in total. The second-order valence-electron chi connectivity index (χ2n) is 9.45. The van der Waals surface area contributed by atoms with Crippen LogP contribution in [0, 0.1) is 13.8 Å². The van der Waals surface area contributed by atoms with E-state index < -0.39 is 0 Å². The molecule has 2 amide bonds. The Kier molecular flexibility index (Phi) is 8.77. The topological polar surface area (TPSA) is 65.5 Å². The van der Waals surface area contributed by atoms with Crippen molar-refractivity contribution in [1.82, 2.24) is 14.8 Å². The third kappa shape index (κ3) is 6.14. The van der Waals surface area contributed by atoms with Crippen LogP contribution < -0.4 is 0 Å². The fourth-order valence-electron chi connectivity index (χ4n) is 4.66. The maximum atomic E-state index is 13.7. The van der Waals surface area contributed by atoms with Gasteiger partial charge in [0, 0.05) is 44.0 Å². The number of rotatable bonds is 8. The van der Waals surface area contributed by atoms with E-state index in [0.29, 0.717) is 44.2 Å². The lowest BCUT2D eigenvalue weighted by atomic mass is 9.96. The molecule has 1 fully saturated rings. The number of nitrogens with zero attached hydrogens (tertiary/aromatic N) is 4. The van der Waals surface area contributed by atoms with Gasteiger partial charge in [-0.3, -0.25) is 14.5 Å². The maximum Gasteiger partial charge on any atom is 0.262 e. The summed E-state index contributed by atoms with van der Waals surface area (Å²) < 4.78 is 5.42. The highest BCUT2D eigenvalue weighted by atomic mass is 35.5. The first-order valence-corrected chi connectivity index (χ1v) is 13.0. The molecule has 0 saturated carbocycles. The molecule has 2 aromatic rings. The molecule has 0 spiro atoms. The van der Waals surface area contributed by atoms with Crippen molar-refractivity contribution >= 4 is 29.1 Å². The van der Waals surface area contributed by atoms with Gasteiger partial charge in [-0.15, -0.1) is 0 Å². The Morgan fingerprint density at radius 1 is 1.11 bits per heavy atom. The second-order valence-corrected chi connectivity index (χ2v) is 9.86. The molecule has 2 aliphatic rings. The molecule has 1 atom stereocenters. The highest BCUT2D eigenvalue weighted by molar-refractivity contribution is 6.31. The van der Waals surface area contributed by atoms with Crippen molar-refractivity contribution in [2.24, 2.45) is 5.10 Å². The largest absolute Gasteiger partial charge is 0.379 e. The number of hydrazone groups is 1. The molecule has 0 radical (unpaired) electrons. The first kappa shape index (κ1) is 26.3. The van der Waals surface area contributed by atoms with Gasteiger partial charge in [-0.05, 0) is 48.2 Å². The molecule has 4 rings (SSSR count). The minimum atomic E-state index is -0.319. The molecule has 0 aliphatic carbocycles. The van der Waals surface area contributed by atoms with Crippen LogP contribution in [-0.4, -0.2) is 78.3 Å². The molecule has 0 bridgehead atoms. The van der Waals surface area contributed by atoms with Gasteiger partial charge in [0.25, 0.3) is 5.91 Å². The van der Waals surface area contributed by atoms with Crippen molar-refractivity contribution in [2.45, 2.75) is 39.7 Å². The Morgan fingerprint density at radius 3 is 2.56 bits per heavy atom. The highest BCUT2D eigenvalue weighted by Gasteiger charge is 2.35. The van der Waals surface area contributed by atoms with Crippen LogP contribution in [0.2, 0.25) is 5.02 Å². The summed E-state index contributed by atoms with van der Waals surface area (Å²) in [5.74, 6) is -0.244. The van der Waals surface area contributed by atoms with E-state index in [1.165, 1.54) is 16.1 Å². The van der Waals surface area contributed by atoms with E-state index in [2.05, 4.69) is 30.9 Å². The number of carbonyl (C=O) groups excluding carboxylic acids is 2. The van der Waals surface area contributed by atoms with E-state index >= 15 is 0 Å². The number of aryl methyl sites for hydroxylation is 2. The van der Waals surface area contributed by atoms with Crippen molar-refractivity contribution < 1.29 is 14.3 Å². The Bertz CT molecular complexity index is 1130. The van der Waals surface area contributed by atoms with Crippen molar-refractivity contribution in [1.29, 1.82) is 0 Å². The monoisotopic (exact) mass is 510 g/mol. The molecular formula is C28H35ClN4O3. The van der Waals surface area contributed by atoms with Crippen LogP contribution in [0.1, 0.15) is 48.1 Å². The van der Waals surface area contributed by atoms with Gasteiger partial charge >= 0.3 is 0 Å². The van der Waals surface area contributed by atoms with E-state index in [-0.39, 0.29) is 24.4 Å². The van der Waals surface area contributed by atoms with E-state index in [1.54, 1.807) is 4.90 Å².